The minimum Gasteiger partial charge on any atom is -0.490 e. The van der Waals surface area contributed by atoms with Crippen LogP contribution in [0.1, 0.15) is 11.1 Å². The van der Waals surface area contributed by atoms with E-state index in [0.29, 0.717) is 40.1 Å². The van der Waals surface area contributed by atoms with Gasteiger partial charge in [-0.1, -0.05) is 30.3 Å². The van der Waals surface area contributed by atoms with Gasteiger partial charge in [0, 0.05) is 16.4 Å². The highest BCUT2D eigenvalue weighted by molar-refractivity contribution is 6.39. The molecule has 0 aliphatic carbocycles. The minimum absolute atomic E-state index is 0.186. The zero-order valence-corrected chi connectivity index (χ0v) is 20.7. The van der Waals surface area contributed by atoms with E-state index in [-0.39, 0.29) is 12.5 Å². The van der Waals surface area contributed by atoms with Crippen LogP contribution in [0.3, 0.4) is 0 Å². The van der Waals surface area contributed by atoms with E-state index in [1.54, 1.807) is 66.7 Å². The SMILES string of the molecule is C=CCOc1ccc(NC(=O)C(=O)N/N=C\c2ccc(OCC(=O)Nc3ccc(C)c(Cl)c3)cc2)cc1. The van der Waals surface area contributed by atoms with Gasteiger partial charge in [-0.15, -0.1) is 0 Å². The summed E-state index contributed by atoms with van der Waals surface area (Å²) in [4.78, 5) is 36.1. The second-order valence-corrected chi connectivity index (χ2v) is 8.05. The van der Waals surface area contributed by atoms with Crippen LogP contribution in [0, 0.1) is 6.92 Å². The fourth-order valence-corrected chi connectivity index (χ4v) is 3.04. The molecular weight excluding hydrogens is 496 g/mol. The number of aryl methyl sites for hydroxylation is 1. The highest BCUT2D eigenvalue weighted by Crippen LogP contribution is 2.20. The quantitative estimate of drug-likeness (QED) is 0.159. The number of hydrazone groups is 1. The predicted octanol–water partition coefficient (Wildman–Crippen LogP) is 4.32. The zero-order valence-electron chi connectivity index (χ0n) is 20.0. The molecule has 0 saturated carbocycles. The van der Waals surface area contributed by atoms with Crippen LogP contribution < -0.4 is 25.5 Å². The Morgan fingerprint density at radius 1 is 0.892 bits per heavy atom. The average molecular weight is 521 g/mol. The van der Waals surface area contributed by atoms with Crippen molar-refractivity contribution in [2.45, 2.75) is 6.92 Å². The number of anilines is 2. The summed E-state index contributed by atoms with van der Waals surface area (Å²) < 4.78 is 10.8. The number of halogens is 1. The van der Waals surface area contributed by atoms with Gasteiger partial charge in [0.2, 0.25) is 0 Å². The molecule has 0 saturated heterocycles. The molecule has 0 radical (unpaired) electrons. The Morgan fingerprint density at radius 3 is 2.22 bits per heavy atom. The molecule has 0 aliphatic rings. The van der Waals surface area contributed by atoms with E-state index < -0.39 is 11.8 Å². The lowest BCUT2D eigenvalue weighted by Crippen LogP contribution is -2.32. The fourth-order valence-electron chi connectivity index (χ4n) is 2.86. The number of nitrogens with one attached hydrogen (secondary N) is 3. The maximum Gasteiger partial charge on any atom is 0.329 e. The third-order valence-electron chi connectivity index (χ3n) is 4.77. The lowest BCUT2D eigenvalue weighted by Gasteiger charge is -2.09. The first-order valence-corrected chi connectivity index (χ1v) is 11.5. The first-order valence-electron chi connectivity index (χ1n) is 11.1. The van der Waals surface area contributed by atoms with Gasteiger partial charge in [-0.25, -0.2) is 5.43 Å². The van der Waals surface area contributed by atoms with Crippen molar-refractivity contribution < 1.29 is 23.9 Å². The van der Waals surface area contributed by atoms with E-state index in [9.17, 15) is 14.4 Å². The first-order chi connectivity index (χ1) is 17.8. The van der Waals surface area contributed by atoms with E-state index >= 15 is 0 Å². The number of amides is 3. The van der Waals surface area contributed by atoms with Gasteiger partial charge in [0.05, 0.1) is 6.21 Å². The smallest absolute Gasteiger partial charge is 0.329 e. The van der Waals surface area contributed by atoms with Crippen molar-refractivity contribution >= 4 is 46.9 Å². The molecule has 0 aromatic heterocycles. The summed E-state index contributed by atoms with van der Waals surface area (Å²) in [6, 6.07) is 18.4. The van der Waals surface area contributed by atoms with Gasteiger partial charge in [-0.05, 0) is 78.7 Å². The largest absolute Gasteiger partial charge is 0.490 e. The van der Waals surface area contributed by atoms with Crippen LogP contribution in [-0.4, -0.2) is 37.1 Å². The van der Waals surface area contributed by atoms with Crippen molar-refractivity contribution in [2.24, 2.45) is 5.10 Å². The summed E-state index contributed by atoms with van der Waals surface area (Å²) in [6.07, 6.45) is 2.99. The van der Waals surface area contributed by atoms with E-state index in [2.05, 4.69) is 27.7 Å². The monoisotopic (exact) mass is 520 g/mol. The molecule has 0 heterocycles. The minimum atomic E-state index is -0.927. The van der Waals surface area contributed by atoms with Gasteiger partial charge < -0.3 is 20.1 Å². The molecule has 3 aromatic carbocycles. The summed E-state index contributed by atoms with van der Waals surface area (Å²) in [5, 5.41) is 9.53. The molecule has 37 heavy (non-hydrogen) atoms. The van der Waals surface area contributed by atoms with E-state index in [1.807, 2.05) is 13.0 Å². The molecule has 0 fully saturated rings. The van der Waals surface area contributed by atoms with Crippen LogP contribution in [0.2, 0.25) is 5.02 Å². The van der Waals surface area contributed by atoms with Gasteiger partial charge in [0.1, 0.15) is 18.1 Å². The lowest BCUT2D eigenvalue weighted by molar-refractivity contribution is -0.136. The summed E-state index contributed by atoms with van der Waals surface area (Å²) >= 11 is 6.06. The average Bonchev–Trinajstić information content (AvgIpc) is 2.90. The van der Waals surface area contributed by atoms with Crippen LogP contribution in [-0.2, 0) is 14.4 Å². The maximum absolute atomic E-state index is 12.1. The Morgan fingerprint density at radius 2 is 1.54 bits per heavy atom. The van der Waals surface area contributed by atoms with Gasteiger partial charge in [-0.2, -0.15) is 5.10 Å². The normalized spacial score (nSPS) is 10.4. The van der Waals surface area contributed by atoms with Crippen molar-refractivity contribution in [2.75, 3.05) is 23.8 Å². The van der Waals surface area contributed by atoms with Crippen LogP contribution >= 0.6 is 11.6 Å². The molecule has 0 spiro atoms. The number of carbonyl (C=O) groups excluding carboxylic acids is 3. The molecule has 190 valence electrons. The van der Waals surface area contributed by atoms with E-state index in [0.717, 1.165) is 5.56 Å². The van der Waals surface area contributed by atoms with E-state index in [4.69, 9.17) is 21.1 Å². The number of rotatable bonds is 10. The molecule has 0 aliphatic heterocycles. The third-order valence-corrected chi connectivity index (χ3v) is 5.18. The molecule has 3 N–H and O–H groups in total. The molecule has 9 nitrogen and oxygen atoms in total. The second-order valence-electron chi connectivity index (χ2n) is 7.65. The molecule has 0 atom stereocenters. The third kappa shape index (κ3) is 8.83. The van der Waals surface area contributed by atoms with Crippen molar-refractivity contribution in [3.8, 4) is 11.5 Å². The summed E-state index contributed by atoms with van der Waals surface area (Å²) in [6.45, 7) is 5.62. The van der Waals surface area contributed by atoms with E-state index in [1.165, 1.54) is 6.21 Å². The topological polar surface area (TPSA) is 118 Å². The number of hydrogen-bond acceptors (Lipinski definition) is 6. The number of ether oxygens (including phenoxy) is 2. The molecule has 0 unspecified atom stereocenters. The molecule has 3 aromatic rings. The fraction of sp³-hybridized carbons (Fsp3) is 0.111. The van der Waals surface area contributed by atoms with Gasteiger partial charge in [0.25, 0.3) is 5.91 Å². The van der Waals surface area contributed by atoms with Crippen molar-refractivity contribution in [1.29, 1.82) is 0 Å². The first kappa shape index (κ1) is 27.0. The summed E-state index contributed by atoms with van der Waals surface area (Å²) in [5.74, 6) is -1.04. The van der Waals surface area contributed by atoms with Crippen LogP contribution in [0.15, 0.2) is 84.5 Å². The highest BCUT2D eigenvalue weighted by atomic mass is 35.5. The van der Waals surface area contributed by atoms with Crippen LogP contribution in [0.5, 0.6) is 11.5 Å². The Balaban J connectivity index is 1.41. The van der Waals surface area contributed by atoms with Crippen molar-refractivity contribution in [3.63, 3.8) is 0 Å². The molecular formula is C27H25ClN4O5. The van der Waals surface area contributed by atoms with Gasteiger partial charge in [-0.3, -0.25) is 14.4 Å². The van der Waals surface area contributed by atoms with Crippen molar-refractivity contribution in [1.82, 2.24) is 5.43 Å². The lowest BCUT2D eigenvalue weighted by atomic mass is 10.2. The Hall–Kier alpha value is -4.63. The highest BCUT2D eigenvalue weighted by Gasteiger charge is 2.13. The van der Waals surface area contributed by atoms with Gasteiger partial charge in [0.15, 0.2) is 6.61 Å². The molecule has 3 amide bonds. The van der Waals surface area contributed by atoms with Crippen LogP contribution in [0.25, 0.3) is 0 Å². The maximum atomic E-state index is 12.1. The predicted molar refractivity (Wildman–Crippen MR) is 143 cm³/mol. The number of hydrogen-bond donors (Lipinski definition) is 3. The van der Waals surface area contributed by atoms with Crippen molar-refractivity contribution in [3.05, 3.63) is 95.5 Å². The summed E-state index contributed by atoms with van der Waals surface area (Å²) in [7, 11) is 0. The Kier molecular flexibility index (Phi) is 9.81. The Bertz CT molecular complexity index is 1290. The van der Waals surface area contributed by atoms with Crippen LogP contribution in [0.4, 0.5) is 11.4 Å². The standard InChI is InChI=1S/C27H25ClN4O5/c1-3-14-36-22-12-8-20(9-13-22)31-26(34)27(35)32-29-16-19-5-10-23(11-6-19)37-17-25(33)30-21-7-4-18(2)24(28)15-21/h3-13,15-16H,1,14,17H2,2H3,(H,30,33)(H,31,34)(H,32,35)/b29-16-. The number of benzene rings is 3. The number of nitrogens with zero attached hydrogens (tertiary/aromatic N) is 1. The molecule has 3 rings (SSSR count). The zero-order chi connectivity index (χ0) is 26.6. The number of carbonyl (C=O) groups is 3. The second kappa shape index (κ2) is 13.5. The Labute approximate surface area is 219 Å². The summed E-state index contributed by atoms with van der Waals surface area (Å²) in [5.41, 5.74) is 4.74. The molecule has 0 bridgehead atoms. The molecule has 10 heteroatoms. The van der Waals surface area contributed by atoms with Gasteiger partial charge >= 0.3 is 11.8 Å².